The van der Waals surface area contributed by atoms with E-state index in [9.17, 15) is 0 Å². The van der Waals surface area contributed by atoms with Crippen LogP contribution in [0.15, 0.2) is 0 Å². The zero-order chi connectivity index (χ0) is 11.1. The average Bonchev–Trinajstić information content (AvgIpc) is 2.70. The van der Waals surface area contributed by atoms with Crippen LogP contribution in [0.2, 0.25) is 0 Å². The topological polar surface area (TPSA) is 21.3 Å². The van der Waals surface area contributed by atoms with Crippen molar-refractivity contribution in [3.8, 4) is 0 Å². The lowest BCUT2D eigenvalue weighted by atomic mass is 9.93. The summed E-state index contributed by atoms with van der Waals surface area (Å²) < 4.78 is 5.69. The Kier molecular flexibility index (Phi) is 6.26. The van der Waals surface area contributed by atoms with E-state index in [1.807, 2.05) is 0 Å². The minimum absolute atomic E-state index is 0.524. The first kappa shape index (κ1) is 13.0. The molecule has 0 aliphatic carbocycles. The van der Waals surface area contributed by atoms with Gasteiger partial charge in [0.05, 0.1) is 6.10 Å². The van der Waals surface area contributed by atoms with Crippen molar-refractivity contribution in [1.29, 1.82) is 0 Å². The molecule has 0 bridgehead atoms. The Morgan fingerprint density at radius 3 is 2.80 bits per heavy atom. The van der Waals surface area contributed by atoms with Gasteiger partial charge in [0, 0.05) is 12.6 Å². The summed E-state index contributed by atoms with van der Waals surface area (Å²) >= 11 is 0. The van der Waals surface area contributed by atoms with E-state index in [2.05, 4.69) is 26.2 Å². The Morgan fingerprint density at radius 1 is 1.47 bits per heavy atom. The molecule has 0 spiro atoms. The lowest BCUT2D eigenvalue weighted by Gasteiger charge is -2.22. The zero-order valence-corrected chi connectivity index (χ0v) is 10.6. The molecule has 1 aliphatic heterocycles. The number of ether oxygens (including phenoxy) is 1. The van der Waals surface area contributed by atoms with E-state index in [0.717, 1.165) is 12.5 Å². The molecule has 1 aliphatic rings. The summed E-state index contributed by atoms with van der Waals surface area (Å²) in [4.78, 5) is 0. The summed E-state index contributed by atoms with van der Waals surface area (Å²) in [7, 11) is 2.08. The van der Waals surface area contributed by atoms with Crippen molar-refractivity contribution in [1.82, 2.24) is 5.32 Å². The van der Waals surface area contributed by atoms with Gasteiger partial charge >= 0.3 is 0 Å². The standard InChI is InChI=1S/C13H27NO/c1-4-6-11(2)9-12(14-3)10-13-7-5-8-15-13/h11-14H,4-10H2,1-3H3. The summed E-state index contributed by atoms with van der Waals surface area (Å²) in [6.45, 7) is 5.61. The average molecular weight is 213 g/mol. The van der Waals surface area contributed by atoms with Crippen LogP contribution in [-0.4, -0.2) is 25.8 Å². The molecule has 3 atom stereocenters. The van der Waals surface area contributed by atoms with Gasteiger partial charge < -0.3 is 10.1 Å². The predicted octanol–water partition coefficient (Wildman–Crippen LogP) is 2.97. The molecule has 1 heterocycles. The van der Waals surface area contributed by atoms with Gasteiger partial charge in [0.1, 0.15) is 0 Å². The Morgan fingerprint density at radius 2 is 2.27 bits per heavy atom. The van der Waals surface area contributed by atoms with Gasteiger partial charge in [0.15, 0.2) is 0 Å². The summed E-state index contributed by atoms with van der Waals surface area (Å²) in [6.07, 6.45) is 8.19. The molecular weight excluding hydrogens is 186 g/mol. The van der Waals surface area contributed by atoms with Gasteiger partial charge in [-0.15, -0.1) is 0 Å². The van der Waals surface area contributed by atoms with E-state index in [1.165, 1.54) is 38.5 Å². The molecule has 0 saturated carbocycles. The van der Waals surface area contributed by atoms with Crippen molar-refractivity contribution in [3.05, 3.63) is 0 Å². The largest absolute Gasteiger partial charge is 0.378 e. The Hall–Kier alpha value is -0.0800. The fraction of sp³-hybridized carbons (Fsp3) is 1.00. The maximum Gasteiger partial charge on any atom is 0.0590 e. The van der Waals surface area contributed by atoms with Crippen molar-refractivity contribution in [2.45, 2.75) is 64.5 Å². The SMILES string of the molecule is CCCC(C)CC(CC1CCCO1)NC. The van der Waals surface area contributed by atoms with Crippen LogP contribution in [0.4, 0.5) is 0 Å². The fourth-order valence-electron chi connectivity index (χ4n) is 2.58. The van der Waals surface area contributed by atoms with Crippen LogP contribution < -0.4 is 5.32 Å². The minimum atomic E-state index is 0.524. The normalized spacial score (nSPS) is 25.4. The highest BCUT2D eigenvalue weighted by Gasteiger charge is 2.20. The van der Waals surface area contributed by atoms with Gasteiger partial charge in [-0.3, -0.25) is 0 Å². The van der Waals surface area contributed by atoms with Crippen molar-refractivity contribution >= 4 is 0 Å². The molecule has 90 valence electrons. The lowest BCUT2D eigenvalue weighted by Crippen LogP contribution is -2.31. The number of rotatable bonds is 7. The summed E-state index contributed by atoms with van der Waals surface area (Å²) in [5.74, 6) is 0.842. The van der Waals surface area contributed by atoms with Crippen LogP contribution in [0, 0.1) is 5.92 Å². The maximum absolute atomic E-state index is 5.69. The van der Waals surface area contributed by atoms with E-state index < -0.39 is 0 Å². The van der Waals surface area contributed by atoms with Crippen molar-refractivity contribution in [2.24, 2.45) is 5.92 Å². The highest BCUT2D eigenvalue weighted by molar-refractivity contribution is 4.75. The van der Waals surface area contributed by atoms with Gasteiger partial charge in [-0.2, -0.15) is 0 Å². The smallest absolute Gasteiger partial charge is 0.0590 e. The third-order valence-electron chi connectivity index (χ3n) is 3.45. The third-order valence-corrected chi connectivity index (χ3v) is 3.45. The van der Waals surface area contributed by atoms with Crippen LogP contribution in [0.3, 0.4) is 0 Å². The molecule has 0 radical (unpaired) electrons. The molecular formula is C13H27NO. The summed E-state index contributed by atoms with van der Waals surface area (Å²) in [5.41, 5.74) is 0. The molecule has 0 amide bonds. The predicted molar refractivity (Wildman–Crippen MR) is 65.1 cm³/mol. The molecule has 2 nitrogen and oxygen atoms in total. The van der Waals surface area contributed by atoms with Crippen LogP contribution in [-0.2, 0) is 4.74 Å². The van der Waals surface area contributed by atoms with Gasteiger partial charge in [0.25, 0.3) is 0 Å². The Bertz CT molecular complexity index is 155. The highest BCUT2D eigenvalue weighted by Crippen LogP contribution is 2.21. The monoisotopic (exact) mass is 213 g/mol. The van der Waals surface area contributed by atoms with E-state index in [4.69, 9.17) is 4.74 Å². The molecule has 1 N–H and O–H groups in total. The third kappa shape index (κ3) is 4.98. The first-order valence-corrected chi connectivity index (χ1v) is 6.55. The van der Waals surface area contributed by atoms with Crippen LogP contribution in [0.25, 0.3) is 0 Å². The van der Waals surface area contributed by atoms with Crippen LogP contribution in [0.1, 0.15) is 52.4 Å². The first-order valence-electron chi connectivity index (χ1n) is 6.55. The molecule has 1 fully saturated rings. The van der Waals surface area contributed by atoms with Crippen LogP contribution in [0.5, 0.6) is 0 Å². The van der Waals surface area contributed by atoms with Crippen molar-refractivity contribution in [3.63, 3.8) is 0 Å². The molecule has 2 heteroatoms. The van der Waals surface area contributed by atoms with Crippen LogP contribution >= 0.6 is 0 Å². The second-order valence-corrected chi connectivity index (χ2v) is 4.99. The van der Waals surface area contributed by atoms with E-state index in [-0.39, 0.29) is 0 Å². The molecule has 0 aromatic rings. The minimum Gasteiger partial charge on any atom is -0.378 e. The second-order valence-electron chi connectivity index (χ2n) is 4.99. The molecule has 0 aromatic heterocycles. The van der Waals surface area contributed by atoms with E-state index in [0.29, 0.717) is 12.1 Å². The van der Waals surface area contributed by atoms with Crippen molar-refractivity contribution < 1.29 is 4.74 Å². The van der Waals surface area contributed by atoms with Gasteiger partial charge in [-0.05, 0) is 38.6 Å². The number of nitrogens with one attached hydrogen (secondary N) is 1. The number of hydrogen-bond donors (Lipinski definition) is 1. The fourth-order valence-corrected chi connectivity index (χ4v) is 2.58. The quantitative estimate of drug-likeness (QED) is 0.702. The molecule has 3 unspecified atom stereocenters. The van der Waals surface area contributed by atoms with Gasteiger partial charge in [0.2, 0.25) is 0 Å². The first-order chi connectivity index (χ1) is 7.26. The molecule has 1 rings (SSSR count). The van der Waals surface area contributed by atoms with Crippen molar-refractivity contribution in [2.75, 3.05) is 13.7 Å². The Labute approximate surface area is 94.8 Å². The van der Waals surface area contributed by atoms with E-state index in [1.54, 1.807) is 0 Å². The molecule has 1 saturated heterocycles. The lowest BCUT2D eigenvalue weighted by molar-refractivity contribution is 0.0925. The number of hydrogen-bond acceptors (Lipinski definition) is 2. The summed E-state index contributed by atoms with van der Waals surface area (Å²) in [5, 5.41) is 3.44. The highest BCUT2D eigenvalue weighted by atomic mass is 16.5. The second kappa shape index (κ2) is 7.24. The molecule has 15 heavy (non-hydrogen) atoms. The van der Waals surface area contributed by atoms with Gasteiger partial charge in [-0.25, -0.2) is 0 Å². The zero-order valence-electron chi connectivity index (χ0n) is 10.6. The summed E-state index contributed by atoms with van der Waals surface area (Å²) in [6, 6.07) is 0.648. The van der Waals surface area contributed by atoms with Gasteiger partial charge in [-0.1, -0.05) is 26.7 Å². The van der Waals surface area contributed by atoms with E-state index >= 15 is 0 Å². The molecule has 0 aromatic carbocycles. The Balaban J connectivity index is 2.21. The maximum atomic E-state index is 5.69.